The van der Waals surface area contributed by atoms with Crippen molar-refractivity contribution in [2.24, 2.45) is 11.8 Å². The van der Waals surface area contributed by atoms with Gasteiger partial charge in [-0.2, -0.15) is 0 Å². The lowest BCUT2D eigenvalue weighted by molar-refractivity contribution is 0.221. The predicted octanol–water partition coefficient (Wildman–Crippen LogP) is 3.38. The summed E-state index contributed by atoms with van der Waals surface area (Å²) >= 11 is 0. The molecule has 1 aromatic rings. The molecule has 1 fully saturated rings. The molecule has 1 N–H and O–H groups in total. The molecule has 0 bridgehead atoms. The molecule has 18 heavy (non-hydrogen) atoms. The largest absolute Gasteiger partial charge is 0.334 e. The van der Waals surface area contributed by atoms with E-state index in [-0.39, 0.29) is 0 Å². The number of nitrogens with zero attached hydrogens (tertiary/aromatic N) is 2. The maximum atomic E-state index is 4.61. The molecule has 3 atom stereocenters. The van der Waals surface area contributed by atoms with Crippen molar-refractivity contribution in [1.82, 2.24) is 14.9 Å². The minimum Gasteiger partial charge on any atom is -0.334 e. The summed E-state index contributed by atoms with van der Waals surface area (Å²) < 4.78 is 2.32. The van der Waals surface area contributed by atoms with E-state index in [9.17, 15) is 0 Å². The summed E-state index contributed by atoms with van der Waals surface area (Å²) in [5.74, 6) is 2.85. The Labute approximate surface area is 111 Å². The van der Waals surface area contributed by atoms with Crippen molar-refractivity contribution in [1.29, 1.82) is 0 Å². The average molecular weight is 249 g/mol. The van der Waals surface area contributed by atoms with Crippen LogP contribution in [0.2, 0.25) is 0 Å². The van der Waals surface area contributed by atoms with Crippen LogP contribution in [0, 0.1) is 11.8 Å². The van der Waals surface area contributed by atoms with Gasteiger partial charge in [-0.3, -0.25) is 0 Å². The highest BCUT2D eigenvalue weighted by atomic mass is 15.1. The van der Waals surface area contributed by atoms with Gasteiger partial charge in [-0.1, -0.05) is 26.7 Å². The number of aryl methyl sites for hydroxylation is 1. The molecule has 1 heterocycles. The van der Waals surface area contributed by atoms with E-state index < -0.39 is 0 Å². The molecular formula is C15H27N3. The van der Waals surface area contributed by atoms with Crippen LogP contribution in [0.15, 0.2) is 12.4 Å². The number of aromatic nitrogens is 2. The molecular weight excluding hydrogens is 222 g/mol. The van der Waals surface area contributed by atoms with E-state index in [1.807, 2.05) is 6.20 Å². The van der Waals surface area contributed by atoms with Crippen molar-refractivity contribution in [2.45, 2.75) is 58.5 Å². The molecule has 3 heteroatoms. The molecule has 0 aromatic carbocycles. The molecule has 0 radical (unpaired) electrons. The van der Waals surface area contributed by atoms with Crippen LogP contribution >= 0.6 is 0 Å². The van der Waals surface area contributed by atoms with Crippen LogP contribution < -0.4 is 5.32 Å². The molecule has 1 aliphatic carbocycles. The summed E-state index contributed by atoms with van der Waals surface area (Å²) in [6, 6.07) is 0.425. The minimum atomic E-state index is 0.425. The molecule has 1 aromatic heterocycles. The zero-order valence-electron chi connectivity index (χ0n) is 12.0. The fourth-order valence-electron chi connectivity index (χ4n) is 3.39. The van der Waals surface area contributed by atoms with Gasteiger partial charge in [-0.25, -0.2) is 4.98 Å². The highest BCUT2D eigenvalue weighted by molar-refractivity contribution is 5.02. The van der Waals surface area contributed by atoms with E-state index in [1.54, 1.807) is 0 Å². The Balaban J connectivity index is 2.13. The van der Waals surface area contributed by atoms with E-state index in [0.717, 1.165) is 18.4 Å². The second-order valence-corrected chi connectivity index (χ2v) is 5.78. The van der Waals surface area contributed by atoms with Gasteiger partial charge in [0.15, 0.2) is 0 Å². The number of imidazole rings is 1. The normalized spacial score (nSPS) is 26.2. The molecule has 2 rings (SSSR count). The third kappa shape index (κ3) is 2.94. The molecule has 0 saturated heterocycles. The summed E-state index contributed by atoms with van der Waals surface area (Å²) in [5.41, 5.74) is 0. The van der Waals surface area contributed by atoms with Gasteiger partial charge in [-0.15, -0.1) is 0 Å². The van der Waals surface area contributed by atoms with E-state index in [1.165, 1.54) is 37.9 Å². The summed E-state index contributed by atoms with van der Waals surface area (Å²) in [4.78, 5) is 4.61. The highest BCUT2D eigenvalue weighted by Gasteiger charge is 2.29. The number of hydrogen-bond acceptors (Lipinski definition) is 2. The second kappa shape index (κ2) is 6.37. The van der Waals surface area contributed by atoms with Crippen LogP contribution in [0.4, 0.5) is 0 Å². The van der Waals surface area contributed by atoms with Crippen LogP contribution in [-0.4, -0.2) is 16.6 Å². The number of hydrogen-bond donors (Lipinski definition) is 1. The van der Waals surface area contributed by atoms with Gasteiger partial charge >= 0.3 is 0 Å². The summed E-state index contributed by atoms with van der Waals surface area (Å²) in [6.07, 6.45) is 10.7. The number of rotatable bonds is 5. The Morgan fingerprint density at radius 2 is 2.33 bits per heavy atom. The van der Waals surface area contributed by atoms with Gasteiger partial charge in [0.05, 0.1) is 6.04 Å². The highest BCUT2D eigenvalue weighted by Crippen LogP contribution is 2.36. The maximum absolute atomic E-state index is 4.61. The molecule has 102 valence electrons. The van der Waals surface area contributed by atoms with Gasteiger partial charge < -0.3 is 9.88 Å². The Hall–Kier alpha value is -0.830. The summed E-state index contributed by atoms with van der Waals surface area (Å²) in [5, 5.41) is 3.51. The SMILES string of the molecule is CCCn1ccnc1C(NC)C1CCCC(C)C1. The summed E-state index contributed by atoms with van der Waals surface area (Å²) in [7, 11) is 2.08. The molecule has 3 unspecified atom stereocenters. The molecule has 1 aliphatic rings. The van der Waals surface area contributed by atoms with Crippen LogP contribution in [0.5, 0.6) is 0 Å². The molecule has 3 nitrogen and oxygen atoms in total. The van der Waals surface area contributed by atoms with Crippen LogP contribution in [-0.2, 0) is 6.54 Å². The summed E-state index contributed by atoms with van der Waals surface area (Å²) in [6.45, 7) is 5.69. The number of nitrogens with one attached hydrogen (secondary N) is 1. The molecule has 0 spiro atoms. The monoisotopic (exact) mass is 249 g/mol. The fraction of sp³-hybridized carbons (Fsp3) is 0.800. The third-order valence-corrected chi connectivity index (χ3v) is 4.25. The fourth-order valence-corrected chi connectivity index (χ4v) is 3.39. The third-order valence-electron chi connectivity index (χ3n) is 4.25. The van der Waals surface area contributed by atoms with Crippen molar-refractivity contribution in [3.63, 3.8) is 0 Å². The van der Waals surface area contributed by atoms with E-state index in [4.69, 9.17) is 0 Å². The van der Waals surface area contributed by atoms with Gasteiger partial charge in [0, 0.05) is 18.9 Å². The van der Waals surface area contributed by atoms with Crippen molar-refractivity contribution < 1.29 is 0 Å². The standard InChI is InChI=1S/C15H27N3/c1-4-9-18-10-8-17-15(18)14(16-3)13-7-5-6-12(2)11-13/h8,10,12-14,16H,4-7,9,11H2,1-3H3. The first-order valence-electron chi connectivity index (χ1n) is 7.44. The first-order chi connectivity index (χ1) is 8.76. The Bertz CT molecular complexity index is 358. The lowest BCUT2D eigenvalue weighted by Crippen LogP contribution is -2.31. The van der Waals surface area contributed by atoms with Gasteiger partial charge in [0.2, 0.25) is 0 Å². The van der Waals surface area contributed by atoms with Crippen LogP contribution in [0.3, 0.4) is 0 Å². The zero-order valence-corrected chi connectivity index (χ0v) is 12.0. The maximum Gasteiger partial charge on any atom is 0.126 e. The Morgan fingerprint density at radius 1 is 1.50 bits per heavy atom. The first-order valence-corrected chi connectivity index (χ1v) is 7.44. The van der Waals surface area contributed by atoms with Crippen molar-refractivity contribution in [3.05, 3.63) is 18.2 Å². The average Bonchev–Trinajstić information content (AvgIpc) is 2.79. The van der Waals surface area contributed by atoms with E-state index in [2.05, 4.69) is 42.0 Å². The molecule has 0 amide bonds. The van der Waals surface area contributed by atoms with Crippen molar-refractivity contribution in [2.75, 3.05) is 7.05 Å². The minimum absolute atomic E-state index is 0.425. The lowest BCUT2D eigenvalue weighted by atomic mass is 9.78. The zero-order chi connectivity index (χ0) is 13.0. The molecule has 0 aliphatic heterocycles. The molecule has 1 saturated carbocycles. The van der Waals surface area contributed by atoms with Crippen LogP contribution in [0.1, 0.15) is 57.8 Å². The topological polar surface area (TPSA) is 29.9 Å². The Kier molecular flexibility index (Phi) is 4.81. The van der Waals surface area contributed by atoms with Crippen molar-refractivity contribution >= 4 is 0 Å². The van der Waals surface area contributed by atoms with Gasteiger partial charge in [0.1, 0.15) is 5.82 Å². The lowest BCUT2D eigenvalue weighted by Gasteiger charge is -2.33. The quantitative estimate of drug-likeness (QED) is 0.867. The van der Waals surface area contributed by atoms with E-state index >= 15 is 0 Å². The van der Waals surface area contributed by atoms with E-state index in [0.29, 0.717) is 6.04 Å². The smallest absolute Gasteiger partial charge is 0.126 e. The first kappa shape index (κ1) is 13.6. The van der Waals surface area contributed by atoms with Gasteiger partial charge in [-0.05, 0) is 38.1 Å². The predicted molar refractivity (Wildman–Crippen MR) is 75.4 cm³/mol. The van der Waals surface area contributed by atoms with Gasteiger partial charge in [0.25, 0.3) is 0 Å². The Morgan fingerprint density at radius 3 is 3.00 bits per heavy atom. The van der Waals surface area contributed by atoms with Crippen molar-refractivity contribution in [3.8, 4) is 0 Å². The van der Waals surface area contributed by atoms with Crippen LogP contribution in [0.25, 0.3) is 0 Å². The second-order valence-electron chi connectivity index (χ2n) is 5.78.